The van der Waals surface area contributed by atoms with Crippen LogP contribution >= 0.6 is 0 Å². The van der Waals surface area contributed by atoms with Crippen LogP contribution in [0.5, 0.6) is 0 Å². The highest BCUT2D eigenvalue weighted by Crippen LogP contribution is 2.29. The highest BCUT2D eigenvalue weighted by molar-refractivity contribution is 7.90. The number of fused-ring (bicyclic) bond motifs is 1. The summed E-state index contributed by atoms with van der Waals surface area (Å²) in [5.41, 5.74) is 1.03. The van der Waals surface area contributed by atoms with Crippen LogP contribution in [0, 0.1) is 0 Å². The normalized spacial score (nSPS) is 15.2. The van der Waals surface area contributed by atoms with Gasteiger partial charge in [0.05, 0.1) is 5.56 Å². The Kier molecular flexibility index (Phi) is 7.29. The van der Waals surface area contributed by atoms with Gasteiger partial charge in [-0.1, -0.05) is 49.4 Å². The molecule has 0 saturated carbocycles. The lowest BCUT2D eigenvalue weighted by molar-refractivity contribution is -0.140. The van der Waals surface area contributed by atoms with Gasteiger partial charge in [-0.05, 0) is 37.5 Å². The number of carbonyl (C=O) groups is 3. The van der Waals surface area contributed by atoms with E-state index in [4.69, 9.17) is 0 Å². The van der Waals surface area contributed by atoms with Crippen molar-refractivity contribution in [3.05, 3.63) is 65.7 Å². The van der Waals surface area contributed by atoms with Crippen LogP contribution < -0.4 is 5.32 Å². The van der Waals surface area contributed by atoms with Gasteiger partial charge in [-0.2, -0.15) is 0 Å². The highest BCUT2D eigenvalue weighted by Gasteiger charge is 2.43. The fraction of sp³-hybridized carbons (Fsp3) is 0.348. The van der Waals surface area contributed by atoms with Crippen LogP contribution in [0.25, 0.3) is 0 Å². The molecule has 0 radical (unpaired) electrons. The first-order chi connectivity index (χ1) is 15.3. The van der Waals surface area contributed by atoms with Crippen LogP contribution in [0.4, 0.5) is 0 Å². The summed E-state index contributed by atoms with van der Waals surface area (Å²) in [6.07, 6.45) is 0.844. The summed E-state index contributed by atoms with van der Waals surface area (Å²) in [6.45, 7) is 3.54. The smallest absolute Gasteiger partial charge is 0.269 e. The van der Waals surface area contributed by atoms with Gasteiger partial charge in [-0.3, -0.25) is 14.4 Å². The molecule has 170 valence electrons. The van der Waals surface area contributed by atoms with Gasteiger partial charge in [0.1, 0.15) is 17.5 Å². The molecule has 2 aromatic carbocycles. The molecule has 32 heavy (non-hydrogen) atoms. The number of nitrogens with zero attached hydrogens (tertiary/aromatic N) is 2. The first-order valence-electron chi connectivity index (χ1n) is 10.6. The van der Waals surface area contributed by atoms with Gasteiger partial charge < -0.3 is 10.2 Å². The Balaban J connectivity index is 1.86. The van der Waals surface area contributed by atoms with Crippen LogP contribution in [0.2, 0.25) is 0 Å². The SMILES string of the molecule is CCNC(=O)[C@H](CC)N(CCc1ccccc1)C(=O)CN1C(=O)c2ccccc2S1(=O)=O. The first kappa shape index (κ1) is 23.5. The molecule has 1 aliphatic rings. The maximum atomic E-state index is 13.3. The van der Waals surface area contributed by atoms with Crippen molar-refractivity contribution in [1.29, 1.82) is 0 Å². The predicted molar refractivity (Wildman–Crippen MR) is 119 cm³/mol. The van der Waals surface area contributed by atoms with Crippen molar-refractivity contribution in [3.63, 3.8) is 0 Å². The van der Waals surface area contributed by atoms with E-state index in [0.29, 0.717) is 23.7 Å². The van der Waals surface area contributed by atoms with E-state index in [-0.39, 0.29) is 22.9 Å². The molecular weight excluding hydrogens is 430 g/mol. The minimum Gasteiger partial charge on any atom is -0.355 e. The molecule has 0 aliphatic carbocycles. The van der Waals surface area contributed by atoms with E-state index >= 15 is 0 Å². The summed E-state index contributed by atoms with van der Waals surface area (Å²) in [6, 6.07) is 14.6. The lowest BCUT2D eigenvalue weighted by Crippen LogP contribution is -2.53. The van der Waals surface area contributed by atoms with Gasteiger partial charge in [-0.25, -0.2) is 12.7 Å². The van der Waals surface area contributed by atoms with Crippen LogP contribution in [-0.2, 0) is 26.0 Å². The van der Waals surface area contributed by atoms with Gasteiger partial charge >= 0.3 is 0 Å². The second-order valence-corrected chi connectivity index (χ2v) is 9.29. The van der Waals surface area contributed by atoms with Crippen molar-refractivity contribution in [2.75, 3.05) is 19.6 Å². The number of rotatable bonds is 9. The minimum atomic E-state index is -4.12. The molecule has 1 aliphatic heterocycles. The third kappa shape index (κ3) is 4.67. The van der Waals surface area contributed by atoms with E-state index in [1.807, 2.05) is 30.3 Å². The molecule has 0 saturated heterocycles. The molecule has 9 heteroatoms. The van der Waals surface area contributed by atoms with E-state index in [1.165, 1.54) is 23.1 Å². The average Bonchev–Trinajstić information content (AvgIpc) is 2.98. The van der Waals surface area contributed by atoms with Crippen molar-refractivity contribution in [1.82, 2.24) is 14.5 Å². The molecule has 8 nitrogen and oxygen atoms in total. The summed E-state index contributed by atoms with van der Waals surface area (Å²) in [5.74, 6) is -1.64. The Morgan fingerprint density at radius 3 is 2.31 bits per heavy atom. The number of sulfonamides is 1. The quantitative estimate of drug-likeness (QED) is 0.619. The van der Waals surface area contributed by atoms with Crippen molar-refractivity contribution in [2.45, 2.75) is 37.6 Å². The molecule has 0 aromatic heterocycles. The third-order valence-corrected chi connectivity index (χ3v) is 7.20. The fourth-order valence-electron chi connectivity index (χ4n) is 3.79. The molecule has 1 heterocycles. The summed E-state index contributed by atoms with van der Waals surface area (Å²) in [4.78, 5) is 39.9. The molecule has 2 aromatic rings. The van der Waals surface area contributed by atoms with Gasteiger partial charge in [0.2, 0.25) is 11.8 Å². The Morgan fingerprint density at radius 1 is 1.03 bits per heavy atom. The topological polar surface area (TPSA) is 104 Å². The number of hydrogen-bond acceptors (Lipinski definition) is 5. The van der Waals surface area contributed by atoms with Gasteiger partial charge in [-0.15, -0.1) is 0 Å². The van der Waals surface area contributed by atoms with E-state index < -0.39 is 34.4 Å². The molecule has 0 bridgehead atoms. The molecule has 0 spiro atoms. The van der Waals surface area contributed by atoms with Crippen LogP contribution in [0.3, 0.4) is 0 Å². The van der Waals surface area contributed by atoms with Gasteiger partial charge in [0, 0.05) is 13.1 Å². The van der Waals surface area contributed by atoms with E-state index in [9.17, 15) is 22.8 Å². The molecule has 1 atom stereocenters. The van der Waals surface area contributed by atoms with E-state index in [1.54, 1.807) is 19.9 Å². The molecule has 3 amide bonds. The molecular formula is C23H27N3O5S. The summed E-state index contributed by atoms with van der Waals surface area (Å²) >= 11 is 0. The zero-order valence-corrected chi connectivity index (χ0v) is 19.0. The Bertz CT molecular complexity index is 1100. The first-order valence-corrected chi connectivity index (χ1v) is 12.0. The summed E-state index contributed by atoms with van der Waals surface area (Å²) in [5, 5.41) is 2.73. The minimum absolute atomic E-state index is 0.0481. The number of hydrogen-bond donors (Lipinski definition) is 1. The largest absolute Gasteiger partial charge is 0.355 e. The molecule has 0 unspecified atom stereocenters. The summed E-state index contributed by atoms with van der Waals surface area (Å²) < 4.78 is 26.3. The second kappa shape index (κ2) is 9.95. The molecule has 0 fully saturated rings. The van der Waals surface area contributed by atoms with Gasteiger partial charge in [0.25, 0.3) is 15.9 Å². The molecule has 3 rings (SSSR count). The standard InChI is InChI=1S/C23H27N3O5S/c1-3-19(22(28)24-4-2)25(15-14-17-10-6-5-7-11-17)21(27)16-26-23(29)18-12-8-9-13-20(18)32(26,30)31/h5-13,19H,3-4,14-16H2,1-2H3,(H,24,28)/t19-/m0/s1. The third-order valence-electron chi connectivity index (χ3n) is 5.41. The lowest BCUT2D eigenvalue weighted by Gasteiger charge is -2.31. The number of amides is 3. The summed E-state index contributed by atoms with van der Waals surface area (Å²) in [7, 11) is -4.12. The van der Waals surface area contributed by atoms with Gasteiger partial charge in [0.15, 0.2) is 0 Å². The maximum absolute atomic E-state index is 13.3. The Hall–Kier alpha value is -3.20. The van der Waals surface area contributed by atoms with Crippen molar-refractivity contribution in [2.24, 2.45) is 0 Å². The van der Waals surface area contributed by atoms with Crippen molar-refractivity contribution < 1.29 is 22.8 Å². The lowest BCUT2D eigenvalue weighted by atomic mass is 10.1. The van der Waals surface area contributed by atoms with E-state index in [0.717, 1.165) is 5.56 Å². The van der Waals surface area contributed by atoms with Crippen LogP contribution in [0.1, 0.15) is 36.2 Å². The zero-order valence-electron chi connectivity index (χ0n) is 18.2. The van der Waals surface area contributed by atoms with Crippen molar-refractivity contribution >= 4 is 27.7 Å². The number of likely N-dealkylation sites (N-methyl/N-ethyl adjacent to an activating group) is 1. The maximum Gasteiger partial charge on any atom is 0.269 e. The highest BCUT2D eigenvalue weighted by atomic mass is 32.2. The fourth-order valence-corrected chi connectivity index (χ4v) is 5.31. The monoisotopic (exact) mass is 457 g/mol. The Morgan fingerprint density at radius 2 is 1.69 bits per heavy atom. The van der Waals surface area contributed by atoms with Crippen molar-refractivity contribution in [3.8, 4) is 0 Å². The number of benzene rings is 2. The second-order valence-electron chi connectivity index (χ2n) is 7.45. The van der Waals surface area contributed by atoms with E-state index in [2.05, 4.69) is 5.32 Å². The number of nitrogens with one attached hydrogen (secondary N) is 1. The van der Waals surface area contributed by atoms with Crippen LogP contribution in [-0.4, -0.2) is 61.0 Å². The zero-order chi connectivity index (χ0) is 23.3. The average molecular weight is 458 g/mol. The Labute approximate surface area is 188 Å². The number of carbonyl (C=O) groups excluding carboxylic acids is 3. The predicted octanol–water partition coefficient (Wildman–Crippen LogP) is 1.82. The molecule has 1 N–H and O–H groups in total. The van der Waals surface area contributed by atoms with Crippen LogP contribution in [0.15, 0.2) is 59.5 Å².